The highest BCUT2D eigenvalue weighted by molar-refractivity contribution is 14.1. The summed E-state index contributed by atoms with van der Waals surface area (Å²) in [5.74, 6) is -0.00946. The molecule has 0 unspecified atom stereocenters. The lowest BCUT2D eigenvalue weighted by Crippen LogP contribution is -2.39. The lowest BCUT2D eigenvalue weighted by atomic mass is 10.1. The topological polar surface area (TPSA) is 103 Å². The summed E-state index contributed by atoms with van der Waals surface area (Å²) in [7, 11) is 0. The van der Waals surface area contributed by atoms with Crippen LogP contribution in [0.25, 0.3) is 11.2 Å². The van der Waals surface area contributed by atoms with Gasteiger partial charge >= 0.3 is 5.69 Å². The van der Waals surface area contributed by atoms with Crippen LogP contribution in [0.5, 0.6) is 0 Å². The van der Waals surface area contributed by atoms with Crippen molar-refractivity contribution in [2.45, 2.75) is 47.2 Å². The lowest BCUT2D eigenvalue weighted by molar-refractivity contribution is -0.910. The van der Waals surface area contributed by atoms with Gasteiger partial charge in [-0.2, -0.15) is 9.97 Å². The molecule has 3 aromatic rings. The first-order valence-corrected chi connectivity index (χ1v) is 10.5. The van der Waals surface area contributed by atoms with Crippen LogP contribution in [0.2, 0.25) is 5.15 Å². The Morgan fingerprint density at radius 1 is 1.34 bits per heavy atom. The number of aromatic nitrogens is 5. The molecule has 0 saturated heterocycles. The quantitative estimate of drug-likeness (QED) is 0.174. The summed E-state index contributed by atoms with van der Waals surface area (Å²) in [5, 5.41) is 10.6. The Hall–Kier alpha value is -2.14. The molecule has 29 heavy (non-hydrogen) atoms. The van der Waals surface area contributed by atoms with Gasteiger partial charge in [-0.3, -0.25) is 14.3 Å². The number of nitrogen functional groups attached to an aromatic ring is 1. The first kappa shape index (κ1) is 21.6. The maximum absolute atomic E-state index is 13.3. The van der Waals surface area contributed by atoms with E-state index in [1.807, 2.05) is 27.7 Å². The van der Waals surface area contributed by atoms with Crippen molar-refractivity contribution in [2.24, 2.45) is 0 Å². The van der Waals surface area contributed by atoms with Gasteiger partial charge in [-0.15, -0.1) is 0 Å². The number of allylic oxidation sites excluding steroid dienone is 2. The number of fused-ring (bicyclic) bond motifs is 1. The number of imidazole rings is 1. The summed E-state index contributed by atoms with van der Waals surface area (Å²) in [6.07, 6.45) is 4.35. The summed E-state index contributed by atoms with van der Waals surface area (Å²) in [6, 6.07) is 0. The van der Waals surface area contributed by atoms with E-state index in [4.69, 9.17) is 17.3 Å². The molecule has 3 aromatic heterocycles. The van der Waals surface area contributed by atoms with Crippen LogP contribution in [-0.2, 0) is 13.1 Å². The van der Waals surface area contributed by atoms with Crippen LogP contribution in [0.4, 0.5) is 5.95 Å². The van der Waals surface area contributed by atoms with Gasteiger partial charge in [0.15, 0.2) is 10.8 Å². The fraction of sp³-hybridized carbons (Fsp3) is 0.368. The van der Waals surface area contributed by atoms with Crippen LogP contribution in [0.1, 0.15) is 37.1 Å². The van der Waals surface area contributed by atoms with Crippen molar-refractivity contribution in [3.63, 3.8) is 0 Å². The van der Waals surface area contributed by atoms with E-state index in [-0.39, 0.29) is 23.3 Å². The third-order valence-corrected chi connectivity index (χ3v) is 6.67. The molecular formula is C19H23ClIN6O2+. The van der Waals surface area contributed by atoms with Crippen molar-refractivity contribution in [2.75, 3.05) is 5.73 Å². The van der Waals surface area contributed by atoms with Gasteiger partial charge in [0.2, 0.25) is 12.1 Å². The fourth-order valence-corrected chi connectivity index (χ4v) is 3.99. The Morgan fingerprint density at radius 2 is 2.03 bits per heavy atom. The summed E-state index contributed by atoms with van der Waals surface area (Å²) in [5.41, 5.74) is 9.88. The van der Waals surface area contributed by atoms with Gasteiger partial charge < -0.3 is 5.73 Å². The van der Waals surface area contributed by atoms with Crippen LogP contribution < -0.4 is 16.2 Å². The van der Waals surface area contributed by atoms with Gasteiger partial charge in [0.1, 0.15) is 12.1 Å². The Bertz CT molecular complexity index is 1190. The first-order chi connectivity index (χ1) is 13.6. The highest BCUT2D eigenvalue weighted by atomic mass is 127. The SMILES string of the molecule is CC(C)=CCCn1c(=O)n(Cc2c(C)c(I)c(C)c[n+]2O)c2nc(N)nc(Cl)c21. The number of pyridine rings is 1. The molecule has 3 heterocycles. The number of nitrogens with two attached hydrogens (primary N) is 1. The normalized spacial score (nSPS) is 11.2. The van der Waals surface area contributed by atoms with Gasteiger partial charge in [0.05, 0.1) is 0 Å². The van der Waals surface area contributed by atoms with Crippen LogP contribution in [0.3, 0.4) is 0 Å². The van der Waals surface area contributed by atoms with E-state index in [1.165, 1.54) is 10.1 Å². The zero-order chi connectivity index (χ0) is 21.5. The molecular weight excluding hydrogens is 507 g/mol. The molecule has 0 spiro atoms. The van der Waals surface area contributed by atoms with E-state index in [9.17, 15) is 10.0 Å². The van der Waals surface area contributed by atoms with Crippen LogP contribution in [0.15, 0.2) is 22.6 Å². The van der Waals surface area contributed by atoms with Crippen molar-refractivity contribution >= 4 is 51.3 Å². The second kappa shape index (κ2) is 8.31. The van der Waals surface area contributed by atoms with Gasteiger partial charge in [0, 0.05) is 26.0 Å². The van der Waals surface area contributed by atoms with Crippen LogP contribution in [-0.4, -0.2) is 24.3 Å². The molecule has 0 aliphatic carbocycles. The molecule has 0 atom stereocenters. The molecule has 0 bridgehead atoms. The van der Waals surface area contributed by atoms with Gasteiger partial charge in [-0.1, -0.05) is 23.3 Å². The monoisotopic (exact) mass is 529 g/mol. The van der Waals surface area contributed by atoms with E-state index in [0.717, 1.165) is 19.4 Å². The Labute approximate surface area is 186 Å². The van der Waals surface area contributed by atoms with Crippen molar-refractivity contribution in [3.8, 4) is 0 Å². The van der Waals surface area contributed by atoms with Gasteiger partial charge in [-0.05, 0) is 56.7 Å². The summed E-state index contributed by atoms with van der Waals surface area (Å²) < 4.78 is 5.11. The highest BCUT2D eigenvalue weighted by Gasteiger charge is 2.25. The molecule has 8 nitrogen and oxygen atoms in total. The van der Waals surface area contributed by atoms with Crippen LogP contribution in [0, 0.1) is 17.4 Å². The number of hydrogen-bond donors (Lipinski definition) is 2. The standard InChI is InChI=1S/C19H23ClIN6O2/c1-10(2)6-5-7-25-15-16(20)23-18(22)24-17(15)26(19(25)28)9-13-12(4)14(21)11(3)8-27(13)29/h6,8,29H,5,7,9H2,1-4H3,(H2,22,23,24)/q+1. The highest BCUT2D eigenvalue weighted by Crippen LogP contribution is 2.23. The van der Waals surface area contributed by atoms with E-state index in [0.29, 0.717) is 29.8 Å². The van der Waals surface area contributed by atoms with Crippen molar-refractivity contribution in [1.29, 1.82) is 0 Å². The summed E-state index contributed by atoms with van der Waals surface area (Å²) >= 11 is 8.56. The average Bonchev–Trinajstić information content (AvgIpc) is 2.88. The minimum Gasteiger partial charge on any atom is -0.368 e. The average molecular weight is 530 g/mol. The molecule has 0 saturated carbocycles. The Morgan fingerprint density at radius 3 is 2.69 bits per heavy atom. The third-order valence-electron chi connectivity index (χ3n) is 4.74. The predicted octanol–water partition coefficient (Wildman–Crippen LogP) is 2.98. The third kappa shape index (κ3) is 4.11. The van der Waals surface area contributed by atoms with E-state index in [2.05, 4.69) is 38.6 Å². The minimum absolute atomic E-state index is 0.00946. The van der Waals surface area contributed by atoms with Gasteiger partial charge in [-0.25, -0.2) is 4.79 Å². The van der Waals surface area contributed by atoms with Crippen molar-refractivity contribution in [3.05, 3.63) is 53.9 Å². The van der Waals surface area contributed by atoms with E-state index < -0.39 is 0 Å². The van der Waals surface area contributed by atoms with Crippen molar-refractivity contribution in [1.82, 2.24) is 19.1 Å². The second-order valence-electron chi connectivity index (χ2n) is 7.18. The zero-order valence-electron chi connectivity index (χ0n) is 16.7. The Balaban J connectivity index is 2.21. The maximum Gasteiger partial charge on any atom is 0.330 e. The molecule has 0 fully saturated rings. The van der Waals surface area contributed by atoms with E-state index >= 15 is 0 Å². The zero-order valence-corrected chi connectivity index (χ0v) is 19.6. The first-order valence-electron chi connectivity index (χ1n) is 9.06. The largest absolute Gasteiger partial charge is 0.368 e. The molecule has 154 valence electrons. The molecule has 0 amide bonds. The number of hydrogen-bond acceptors (Lipinski definition) is 5. The Kier molecular flexibility index (Phi) is 6.18. The predicted molar refractivity (Wildman–Crippen MR) is 120 cm³/mol. The summed E-state index contributed by atoms with van der Waals surface area (Å²) in [4.78, 5) is 21.5. The summed E-state index contributed by atoms with van der Waals surface area (Å²) in [6.45, 7) is 8.39. The van der Waals surface area contributed by atoms with E-state index in [1.54, 1.807) is 10.8 Å². The molecule has 0 radical (unpaired) electrons. The van der Waals surface area contributed by atoms with Gasteiger partial charge in [0.25, 0.3) is 5.69 Å². The lowest BCUT2D eigenvalue weighted by Gasteiger charge is -2.06. The number of nitrogens with zero attached hydrogens (tertiary/aromatic N) is 5. The molecule has 0 aliphatic heterocycles. The molecule has 0 aliphatic rings. The number of aryl methyl sites for hydroxylation is 2. The van der Waals surface area contributed by atoms with Crippen LogP contribution >= 0.6 is 34.2 Å². The molecule has 3 rings (SSSR count). The molecule has 3 N–H and O–H groups in total. The number of anilines is 1. The molecule has 10 heteroatoms. The maximum atomic E-state index is 13.3. The van der Waals surface area contributed by atoms with Crippen molar-refractivity contribution < 1.29 is 9.94 Å². The molecule has 0 aromatic carbocycles. The number of halogens is 2. The minimum atomic E-state index is -0.279. The number of rotatable bonds is 5. The smallest absolute Gasteiger partial charge is 0.330 e. The fourth-order valence-electron chi connectivity index (χ4n) is 3.27. The second-order valence-corrected chi connectivity index (χ2v) is 8.61.